The van der Waals surface area contributed by atoms with Crippen molar-refractivity contribution >= 4 is 27.5 Å². The van der Waals surface area contributed by atoms with Crippen molar-refractivity contribution in [2.45, 2.75) is 19.8 Å². The Hall–Kier alpha value is -1.03. The van der Waals surface area contributed by atoms with E-state index in [9.17, 15) is 14.0 Å². The number of rotatable bonds is 5. The van der Waals surface area contributed by atoms with Gasteiger partial charge in [-0.1, -0.05) is 0 Å². The second-order valence-corrected chi connectivity index (χ2v) is 5.48. The van der Waals surface area contributed by atoms with Gasteiger partial charge in [0.15, 0.2) is 5.78 Å². The first-order chi connectivity index (χ1) is 8.49. The first kappa shape index (κ1) is 13.4. The highest BCUT2D eigenvalue weighted by Crippen LogP contribution is 2.33. The van der Waals surface area contributed by atoms with Crippen LogP contribution in [-0.4, -0.2) is 11.6 Å². The molecule has 1 saturated carbocycles. The summed E-state index contributed by atoms with van der Waals surface area (Å²) in [4.78, 5) is 23.9. The maximum Gasteiger partial charge on any atom is 0.173 e. The molecular formula is C14H13BrFO2. The number of Topliss-reactive ketones (excluding diaryl/α,β-unsaturated/α-hetero) is 2. The molecule has 0 spiro atoms. The Kier molecular flexibility index (Phi) is 3.95. The monoisotopic (exact) mass is 311 g/mol. The second kappa shape index (κ2) is 5.31. The van der Waals surface area contributed by atoms with E-state index in [0.717, 1.165) is 12.8 Å². The van der Waals surface area contributed by atoms with Crippen molar-refractivity contribution in [3.8, 4) is 0 Å². The number of halogens is 2. The molecule has 4 heteroatoms. The van der Waals surface area contributed by atoms with Crippen LogP contribution in [0.15, 0.2) is 22.7 Å². The number of ketones is 2. The summed E-state index contributed by atoms with van der Waals surface area (Å²) in [6.07, 6.45) is 3.71. The molecule has 0 bridgehead atoms. The van der Waals surface area contributed by atoms with Crippen molar-refractivity contribution in [1.29, 1.82) is 0 Å². The largest absolute Gasteiger partial charge is 0.299 e. The first-order valence-electron chi connectivity index (χ1n) is 5.87. The Balaban J connectivity index is 2.08. The molecule has 0 heterocycles. The van der Waals surface area contributed by atoms with Crippen LogP contribution < -0.4 is 0 Å². The van der Waals surface area contributed by atoms with Crippen molar-refractivity contribution in [3.05, 3.63) is 40.5 Å². The van der Waals surface area contributed by atoms with Gasteiger partial charge in [-0.15, -0.1) is 0 Å². The fourth-order valence-corrected chi connectivity index (χ4v) is 2.05. The molecule has 1 fully saturated rings. The minimum atomic E-state index is -0.692. The predicted octanol–water partition coefficient (Wildman–Crippen LogP) is 3.59. The number of benzene rings is 1. The van der Waals surface area contributed by atoms with E-state index in [0.29, 0.717) is 11.5 Å². The van der Waals surface area contributed by atoms with Gasteiger partial charge >= 0.3 is 0 Å². The zero-order valence-corrected chi connectivity index (χ0v) is 11.5. The molecule has 1 aromatic rings. The van der Waals surface area contributed by atoms with Crippen LogP contribution in [0, 0.1) is 24.1 Å². The first-order valence-corrected chi connectivity index (χ1v) is 6.66. The van der Waals surface area contributed by atoms with Crippen molar-refractivity contribution in [2.75, 3.05) is 0 Å². The lowest BCUT2D eigenvalue weighted by Crippen LogP contribution is -2.22. The van der Waals surface area contributed by atoms with Gasteiger partial charge in [0.1, 0.15) is 11.6 Å². The van der Waals surface area contributed by atoms with Crippen LogP contribution in [0.4, 0.5) is 4.39 Å². The van der Waals surface area contributed by atoms with E-state index in [1.165, 1.54) is 18.2 Å². The summed E-state index contributed by atoms with van der Waals surface area (Å²) in [6.45, 7) is 1.60. The molecule has 2 rings (SSSR count). The highest BCUT2D eigenvalue weighted by atomic mass is 79.9. The van der Waals surface area contributed by atoms with E-state index in [4.69, 9.17) is 0 Å². The summed E-state index contributed by atoms with van der Waals surface area (Å²) in [5.74, 6) is -1.16. The number of carbonyl (C=O) groups is 2. The van der Waals surface area contributed by atoms with Gasteiger partial charge in [-0.3, -0.25) is 9.59 Å². The van der Waals surface area contributed by atoms with Gasteiger partial charge in [0, 0.05) is 12.0 Å². The zero-order valence-electron chi connectivity index (χ0n) is 9.95. The molecule has 0 N–H and O–H groups in total. The van der Waals surface area contributed by atoms with Crippen LogP contribution in [-0.2, 0) is 4.79 Å². The lowest BCUT2D eigenvalue weighted by Gasteiger charge is -2.09. The molecule has 1 unspecified atom stereocenters. The van der Waals surface area contributed by atoms with Gasteiger partial charge in [-0.05, 0) is 59.8 Å². The zero-order chi connectivity index (χ0) is 13.3. The third kappa shape index (κ3) is 3.05. The van der Waals surface area contributed by atoms with E-state index in [2.05, 4.69) is 15.9 Å². The third-order valence-corrected chi connectivity index (χ3v) is 3.65. The Morgan fingerprint density at radius 2 is 2.11 bits per heavy atom. The summed E-state index contributed by atoms with van der Waals surface area (Å²) in [5.41, 5.74) is 0.355. The molecule has 0 aromatic heterocycles. The molecule has 0 amide bonds. The van der Waals surface area contributed by atoms with Crippen LogP contribution in [0.2, 0.25) is 0 Å². The normalized spacial score (nSPS) is 16.4. The average Bonchev–Trinajstić information content (AvgIpc) is 3.14. The minimum absolute atomic E-state index is 0.136. The van der Waals surface area contributed by atoms with Crippen molar-refractivity contribution in [1.82, 2.24) is 0 Å². The van der Waals surface area contributed by atoms with Crippen LogP contribution in [0.3, 0.4) is 0 Å². The van der Waals surface area contributed by atoms with Gasteiger partial charge in [-0.2, -0.15) is 0 Å². The van der Waals surface area contributed by atoms with Gasteiger partial charge in [0.2, 0.25) is 0 Å². The van der Waals surface area contributed by atoms with Gasteiger partial charge in [0.25, 0.3) is 0 Å². The summed E-state index contributed by atoms with van der Waals surface area (Å²) in [7, 11) is 0. The maximum absolute atomic E-state index is 13.1. The van der Waals surface area contributed by atoms with E-state index < -0.39 is 11.7 Å². The molecule has 1 aromatic carbocycles. The van der Waals surface area contributed by atoms with Gasteiger partial charge < -0.3 is 0 Å². The lowest BCUT2D eigenvalue weighted by molar-refractivity contribution is -0.118. The summed E-state index contributed by atoms with van der Waals surface area (Å²) >= 11 is 3.03. The van der Waals surface area contributed by atoms with E-state index in [-0.39, 0.29) is 16.0 Å². The Morgan fingerprint density at radius 1 is 1.44 bits per heavy atom. The average molecular weight is 312 g/mol. The maximum atomic E-state index is 13.1. The van der Waals surface area contributed by atoms with Crippen LogP contribution in [0.25, 0.3) is 0 Å². The fraction of sp³-hybridized carbons (Fsp3) is 0.357. The highest BCUT2D eigenvalue weighted by molar-refractivity contribution is 9.10. The van der Waals surface area contributed by atoms with Crippen molar-refractivity contribution in [3.63, 3.8) is 0 Å². The molecule has 0 saturated heterocycles. The van der Waals surface area contributed by atoms with E-state index in [1.54, 1.807) is 13.3 Å². The third-order valence-electron chi connectivity index (χ3n) is 3.05. The molecule has 0 aliphatic heterocycles. The Labute approximate surface area is 114 Å². The Bertz CT molecular complexity index is 495. The fourth-order valence-electron chi connectivity index (χ4n) is 1.67. The van der Waals surface area contributed by atoms with Crippen molar-refractivity contribution < 1.29 is 14.0 Å². The van der Waals surface area contributed by atoms with E-state index in [1.807, 2.05) is 0 Å². The number of hydrogen-bond donors (Lipinski definition) is 0. The number of carbonyl (C=O) groups excluding carboxylic acids is 2. The quantitative estimate of drug-likeness (QED) is 0.615. The predicted molar refractivity (Wildman–Crippen MR) is 69.6 cm³/mol. The van der Waals surface area contributed by atoms with Gasteiger partial charge in [-0.25, -0.2) is 4.39 Å². The topological polar surface area (TPSA) is 34.1 Å². The molecule has 1 aliphatic carbocycles. The molecule has 95 valence electrons. The van der Waals surface area contributed by atoms with Crippen LogP contribution in [0.1, 0.15) is 30.1 Å². The standard InChI is InChI=1S/C14H13BrFO2/c1-8(13(17)6-9-2-3-9)14(18)10-4-5-12(16)11(15)7-10/h4-9H,2-3H2,1H3. The minimum Gasteiger partial charge on any atom is -0.299 e. The molecule has 2 nitrogen and oxygen atoms in total. The SMILES string of the molecule is CC(C(=O)[CH]C1CC1)C(=O)c1ccc(F)c(Br)c1. The van der Waals surface area contributed by atoms with Gasteiger partial charge in [0.05, 0.1) is 10.4 Å². The molecule has 1 atom stereocenters. The molecule has 18 heavy (non-hydrogen) atoms. The van der Waals surface area contributed by atoms with Crippen molar-refractivity contribution in [2.24, 2.45) is 11.8 Å². The smallest absolute Gasteiger partial charge is 0.173 e. The summed E-state index contributed by atoms with van der Waals surface area (Å²) in [5, 5.41) is 0. The molecular weight excluding hydrogens is 299 g/mol. The Morgan fingerprint density at radius 3 is 2.67 bits per heavy atom. The highest BCUT2D eigenvalue weighted by Gasteiger charge is 2.30. The number of hydrogen-bond acceptors (Lipinski definition) is 2. The molecule has 1 aliphatic rings. The van der Waals surface area contributed by atoms with Crippen LogP contribution in [0.5, 0.6) is 0 Å². The summed E-state index contributed by atoms with van der Waals surface area (Å²) in [6, 6.07) is 4.04. The summed E-state index contributed by atoms with van der Waals surface area (Å²) < 4.78 is 13.3. The van der Waals surface area contributed by atoms with Crippen LogP contribution >= 0.6 is 15.9 Å². The lowest BCUT2D eigenvalue weighted by atomic mass is 9.93. The molecule has 1 radical (unpaired) electrons. The second-order valence-electron chi connectivity index (χ2n) is 4.62. The van der Waals surface area contributed by atoms with E-state index >= 15 is 0 Å².